The van der Waals surface area contributed by atoms with Crippen molar-refractivity contribution in [1.29, 1.82) is 0 Å². The van der Waals surface area contributed by atoms with Crippen LogP contribution in [0.5, 0.6) is 5.75 Å². The minimum Gasteiger partial charge on any atom is -0.478 e. The van der Waals surface area contributed by atoms with Gasteiger partial charge in [-0.1, -0.05) is 54.6 Å². The van der Waals surface area contributed by atoms with Crippen LogP contribution in [0.2, 0.25) is 0 Å². The lowest BCUT2D eigenvalue weighted by Gasteiger charge is -2.18. The zero-order chi connectivity index (χ0) is 20.5. The normalized spacial score (nSPS) is 11.3. The van der Waals surface area contributed by atoms with E-state index < -0.39 is 18.1 Å². The van der Waals surface area contributed by atoms with Crippen LogP contribution in [0.1, 0.15) is 21.5 Å². The number of benzene rings is 3. The zero-order valence-electron chi connectivity index (χ0n) is 15.2. The van der Waals surface area contributed by atoms with Crippen LogP contribution in [0.4, 0.5) is 13.2 Å². The third-order valence-corrected chi connectivity index (χ3v) is 4.44. The van der Waals surface area contributed by atoms with E-state index in [0.717, 1.165) is 11.1 Å². The lowest BCUT2D eigenvalue weighted by molar-refractivity contribution is -0.275. The lowest BCUT2D eigenvalue weighted by Crippen LogP contribution is -2.19. The lowest BCUT2D eigenvalue weighted by atomic mass is 9.91. The van der Waals surface area contributed by atoms with Gasteiger partial charge in [0.15, 0.2) is 0 Å². The molecule has 0 atom stereocenters. The molecule has 0 fully saturated rings. The summed E-state index contributed by atoms with van der Waals surface area (Å²) in [5.41, 5.74) is 2.84. The maximum atomic E-state index is 12.7. The Morgan fingerprint density at radius 3 is 1.96 bits per heavy atom. The maximum absolute atomic E-state index is 12.7. The largest absolute Gasteiger partial charge is 0.573 e. The predicted molar refractivity (Wildman–Crippen MR) is 100 cm³/mol. The Hall–Kier alpha value is -3.28. The van der Waals surface area contributed by atoms with Crippen LogP contribution in [0.15, 0.2) is 60.7 Å². The number of aryl methyl sites for hydroxylation is 1. The van der Waals surface area contributed by atoms with Gasteiger partial charge in [-0.2, -0.15) is 0 Å². The summed E-state index contributed by atoms with van der Waals surface area (Å²) >= 11 is 0. The van der Waals surface area contributed by atoms with Gasteiger partial charge in [-0.25, -0.2) is 4.79 Å². The summed E-state index contributed by atoms with van der Waals surface area (Å²) in [5.74, 6) is -1.79. The molecule has 0 aliphatic rings. The number of aromatic carboxylic acids is 1. The first-order valence-electron chi connectivity index (χ1n) is 8.46. The highest BCUT2D eigenvalue weighted by molar-refractivity contribution is 5.99. The van der Waals surface area contributed by atoms with Gasteiger partial charge in [0.1, 0.15) is 5.75 Å². The number of carboxylic acids is 1. The number of halogens is 3. The Kier molecular flexibility index (Phi) is 5.14. The smallest absolute Gasteiger partial charge is 0.478 e. The van der Waals surface area contributed by atoms with Crippen molar-refractivity contribution in [3.8, 4) is 28.0 Å². The Labute approximate surface area is 160 Å². The topological polar surface area (TPSA) is 46.5 Å². The van der Waals surface area contributed by atoms with E-state index in [1.165, 1.54) is 19.9 Å². The van der Waals surface area contributed by atoms with Crippen molar-refractivity contribution in [2.75, 3.05) is 0 Å². The molecule has 0 unspecified atom stereocenters. The fourth-order valence-corrected chi connectivity index (χ4v) is 3.21. The molecule has 0 heterocycles. The molecule has 0 aliphatic carbocycles. The monoisotopic (exact) mass is 386 g/mol. The molecule has 144 valence electrons. The molecule has 1 N–H and O–H groups in total. The summed E-state index contributed by atoms with van der Waals surface area (Å²) in [6, 6.07) is 18.3. The molecule has 0 bridgehead atoms. The van der Waals surface area contributed by atoms with Crippen LogP contribution >= 0.6 is 0 Å². The summed E-state index contributed by atoms with van der Waals surface area (Å²) in [6.07, 6.45) is -4.90. The van der Waals surface area contributed by atoms with Gasteiger partial charge >= 0.3 is 12.3 Å². The van der Waals surface area contributed by atoms with Gasteiger partial charge < -0.3 is 9.84 Å². The maximum Gasteiger partial charge on any atom is 0.573 e. The highest BCUT2D eigenvalue weighted by atomic mass is 19.4. The third-order valence-electron chi connectivity index (χ3n) is 4.44. The number of hydrogen-bond acceptors (Lipinski definition) is 2. The molecule has 3 aromatic rings. The fourth-order valence-electron chi connectivity index (χ4n) is 3.21. The number of hydrogen-bond donors (Lipinski definition) is 1. The molecule has 0 saturated carbocycles. The molecule has 3 aromatic carbocycles. The highest BCUT2D eigenvalue weighted by Gasteiger charge is 2.34. The quantitative estimate of drug-likeness (QED) is 0.578. The first kappa shape index (κ1) is 19.5. The van der Waals surface area contributed by atoms with Crippen molar-refractivity contribution in [2.24, 2.45) is 0 Å². The Morgan fingerprint density at radius 2 is 1.43 bits per heavy atom. The van der Waals surface area contributed by atoms with E-state index in [2.05, 4.69) is 4.74 Å². The standard InChI is InChI=1S/C22H17F3O3/c1-13-12-18(19(21(26)27)14(2)20(13)28-22(23,24)25)17-10-8-16(9-11-17)15-6-4-3-5-7-15/h3-12H,1-2H3,(H,26,27). The first-order chi connectivity index (χ1) is 13.2. The number of alkyl halides is 3. The molecule has 0 amide bonds. The van der Waals surface area contributed by atoms with E-state index in [0.29, 0.717) is 11.1 Å². The number of rotatable bonds is 4. The molecule has 0 aromatic heterocycles. The van der Waals surface area contributed by atoms with Crippen molar-refractivity contribution < 1.29 is 27.8 Å². The molecule has 0 aliphatic heterocycles. The van der Waals surface area contributed by atoms with Crippen molar-refractivity contribution in [3.05, 3.63) is 77.4 Å². The van der Waals surface area contributed by atoms with Crippen molar-refractivity contribution in [1.82, 2.24) is 0 Å². The minimum absolute atomic E-state index is 0.0630. The highest BCUT2D eigenvalue weighted by Crippen LogP contribution is 2.38. The Bertz CT molecular complexity index is 1010. The molecule has 6 heteroatoms. The van der Waals surface area contributed by atoms with Gasteiger partial charge in [-0.15, -0.1) is 13.2 Å². The minimum atomic E-state index is -4.90. The molecule has 0 spiro atoms. The van der Waals surface area contributed by atoms with Gasteiger partial charge in [0.2, 0.25) is 0 Å². The van der Waals surface area contributed by atoms with Gasteiger partial charge in [0.05, 0.1) is 5.56 Å². The van der Waals surface area contributed by atoms with Crippen LogP contribution in [0.25, 0.3) is 22.3 Å². The van der Waals surface area contributed by atoms with E-state index in [4.69, 9.17) is 0 Å². The molecular weight excluding hydrogens is 369 g/mol. The summed E-state index contributed by atoms with van der Waals surface area (Å²) in [4.78, 5) is 11.8. The summed E-state index contributed by atoms with van der Waals surface area (Å²) < 4.78 is 42.1. The summed E-state index contributed by atoms with van der Waals surface area (Å²) in [5, 5.41) is 9.62. The van der Waals surface area contributed by atoms with Crippen LogP contribution in [0.3, 0.4) is 0 Å². The van der Waals surface area contributed by atoms with Crippen molar-refractivity contribution in [3.63, 3.8) is 0 Å². The molecule has 0 radical (unpaired) electrons. The summed E-state index contributed by atoms with van der Waals surface area (Å²) in [7, 11) is 0. The van der Waals surface area contributed by atoms with E-state index in [9.17, 15) is 23.1 Å². The number of carboxylic acid groups (broad SMARTS) is 1. The third kappa shape index (κ3) is 4.01. The predicted octanol–water partition coefficient (Wildman–Crippen LogP) is 6.23. The number of carbonyl (C=O) groups is 1. The number of ether oxygens (including phenoxy) is 1. The Balaban J connectivity index is 2.10. The van der Waals surface area contributed by atoms with E-state index in [1.54, 1.807) is 12.1 Å². The molecular formula is C22H17F3O3. The van der Waals surface area contributed by atoms with Gasteiger partial charge in [-0.3, -0.25) is 0 Å². The summed E-state index contributed by atoms with van der Waals surface area (Å²) in [6.45, 7) is 2.78. The van der Waals surface area contributed by atoms with Crippen LogP contribution < -0.4 is 4.74 Å². The fraction of sp³-hybridized carbons (Fsp3) is 0.136. The van der Waals surface area contributed by atoms with E-state index in [1.807, 2.05) is 42.5 Å². The van der Waals surface area contributed by atoms with Crippen LogP contribution in [-0.2, 0) is 0 Å². The SMILES string of the molecule is Cc1cc(-c2ccc(-c3ccccc3)cc2)c(C(=O)O)c(C)c1OC(F)(F)F. The average molecular weight is 386 g/mol. The second-order valence-electron chi connectivity index (χ2n) is 6.37. The second kappa shape index (κ2) is 7.38. The van der Waals surface area contributed by atoms with Gasteiger partial charge in [0.25, 0.3) is 0 Å². The van der Waals surface area contributed by atoms with Crippen LogP contribution in [-0.4, -0.2) is 17.4 Å². The zero-order valence-corrected chi connectivity index (χ0v) is 15.2. The van der Waals surface area contributed by atoms with Crippen molar-refractivity contribution in [2.45, 2.75) is 20.2 Å². The van der Waals surface area contributed by atoms with Gasteiger partial charge in [0, 0.05) is 5.56 Å². The molecule has 28 heavy (non-hydrogen) atoms. The van der Waals surface area contributed by atoms with Crippen molar-refractivity contribution >= 4 is 5.97 Å². The van der Waals surface area contributed by atoms with E-state index >= 15 is 0 Å². The van der Waals surface area contributed by atoms with Crippen LogP contribution in [0, 0.1) is 13.8 Å². The molecule has 0 saturated heterocycles. The Morgan fingerprint density at radius 1 is 0.893 bits per heavy atom. The first-order valence-corrected chi connectivity index (χ1v) is 8.46. The average Bonchev–Trinajstić information content (AvgIpc) is 2.64. The van der Waals surface area contributed by atoms with E-state index in [-0.39, 0.29) is 16.7 Å². The second-order valence-corrected chi connectivity index (χ2v) is 6.37. The van der Waals surface area contributed by atoms with Gasteiger partial charge in [-0.05, 0) is 47.7 Å². The molecule has 3 rings (SSSR count). The molecule has 3 nitrogen and oxygen atoms in total.